The fourth-order valence-electron chi connectivity index (χ4n) is 2.90. The van der Waals surface area contributed by atoms with Crippen molar-refractivity contribution >= 4 is 16.1 Å². The third-order valence-electron chi connectivity index (χ3n) is 4.04. The lowest BCUT2D eigenvalue weighted by atomic mass is 9.90. The van der Waals surface area contributed by atoms with Gasteiger partial charge in [-0.3, -0.25) is 0 Å². The number of ether oxygens (including phenoxy) is 1. The molecule has 1 aliphatic rings. The topological polar surface area (TPSA) is 89.7 Å². The van der Waals surface area contributed by atoms with Gasteiger partial charge in [-0.05, 0) is 57.2 Å². The van der Waals surface area contributed by atoms with Crippen LogP contribution in [0.25, 0.3) is 0 Å². The zero-order chi connectivity index (χ0) is 18.1. The zero-order valence-corrected chi connectivity index (χ0v) is 15.5. The molecule has 1 saturated heterocycles. The molecule has 24 heavy (non-hydrogen) atoms. The Morgan fingerprint density at radius 2 is 1.79 bits per heavy atom. The summed E-state index contributed by atoms with van der Waals surface area (Å²) in [6.45, 7) is 8.25. The number of carbonyl (C=O) groups excluding carboxylic acids is 1. The van der Waals surface area contributed by atoms with Gasteiger partial charge in [-0.2, -0.15) is 0 Å². The quantitative estimate of drug-likeness (QED) is 0.884. The summed E-state index contributed by atoms with van der Waals surface area (Å²) in [7, 11) is -3.72. The van der Waals surface area contributed by atoms with Crippen LogP contribution in [0.15, 0.2) is 29.2 Å². The standard InChI is InChI=1S/C17H26N2O4S/c1-12-5-10-15(19(11-12)16(20)23-17(2,3)4)13-6-8-14(9-7-13)24(18,21)22/h6-9,12,15H,5,10-11H2,1-4H3,(H2,18,21,22)/t12-,15+/m0/s1. The molecule has 1 fully saturated rings. The third-order valence-corrected chi connectivity index (χ3v) is 4.97. The second kappa shape index (κ2) is 6.72. The number of primary sulfonamides is 1. The predicted octanol–water partition coefficient (Wildman–Crippen LogP) is 3.04. The van der Waals surface area contributed by atoms with Gasteiger partial charge in [0, 0.05) is 6.54 Å². The van der Waals surface area contributed by atoms with Gasteiger partial charge < -0.3 is 9.64 Å². The van der Waals surface area contributed by atoms with Crippen LogP contribution >= 0.6 is 0 Å². The number of nitrogens with two attached hydrogens (primary N) is 1. The van der Waals surface area contributed by atoms with Crippen molar-refractivity contribution < 1.29 is 17.9 Å². The van der Waals surface area contributed by atoms with Gasteiger partial charge in [0.15, 0.2) is 0 Å². The Morgan fingerprint density at radius 1 is 1.21 bits per heavy atom. The number of sulfonamides is 1. The lowest BCUT2D eigenvalue weighted by Crippen LogP contribution is -2.44. The normalized spacial score (nSPS) is 22.3. The van der Waals surface area contributed by atoms with Crippen molar-refractivity contribution in [1.82, 2.24) is 4.90 Å². The lowest BCUT2D eigenvalue weighted by Gasteiger charge is -2.39. The molecule has 1 amide bonds. The summed E-state index contributed by atoms with van der Waals surface area (Å²) in [5.74, 6) is 0.400. The van der Waals surface area contributed by atoms with Crippen molar-refractivity contribution in [2.45, 2.75) is 57.1 Å². The van der Waals surface area contributed by atoms with Crippen LogP contribution in [-0.2, 0) is 14.8 Å². The highest BCUT2D eigenvalue weighted by Crippen LogP contribution is 2.34. The van der Waals surface area contributed by atoms with Gasteiger partial charge in [-0.15, -0.1) is 0 Å². The molecule has 6 nitrogen and oxygen atoms in total. The fraction of sp³-hybridized carbons (Fsp3) is 0.588. The van der Waals surface area contributed by atoms with Crippen molar-refractivity contribution in [3.8, 4) is 0 Å². The van der Waals surface area contributed by atoms with Crippen LogP contribution in [0.1, 0.15) is 52.1 Å². The number of nitrogens with zero attached hydrogens (tertiary/aromatic N) is 1. The third kappa shape index (κ3) is 4.70. The SMILES string of the molecule is C[C@H]1CC[C@H](c2ccc(S(N)(=O)=O)cc2)N(C(=O)OC(C)(C)C)C1. The second-order valence-corrected chi connectivity index (χ2v) is 9.01. The summed E-state index contributed by atoms with van der Waals surface area (Å²) in [5.41, 5.74) is 0.333. The Bertz CT molecular complexity index is 692. The van der Waals surface area contributed by atoms with Crippen LogP contribution < -0.4 is 5.14 Å². The maximum atomic E-state index is 12.6. The molecule has 1 aromatic carbocycles. The van der Waals surface area contributed by atoms with Crippen LogP contribution in [0.5, 0.6) is 0 Å². The molecule has 2 rings (SSSR count). The minimum Gasteiger partial charge on any atom is -0.444 e. The molecule has 0 unspecified atom stereocenters. The van der Waals surface area contributed by atoms with Crippen molar-refractivity contribution in [3.05, 3.63) is 29.8 Å². The Kier molecular flexibility index (Phi) is 5.25. The summed E-state index contributed by atoms with van der Waals surface area (Å²) in [6.07, 6.45) is 1.48. The van der Waals surface area contributed by atoms with E-state index in [9.17, 15) is 13.2 Å². The number of likely N-dealkylation sites (tertiary alicyclic amines) is 1. The maximum Gasteiger partial charge on any atom is 0.410 e. The van der Waals surface area contributed by atoms with E-state index >= 15 is 0 Å². The molecule has 0 spiro atoms. The average molecular weight is 354 g/mol. The molecule has 2 atom stereocenters. The van der Waals surface area contributed by atoms with Gasteiger partial charge >= 0.3 is 6.09 Å². The van der Waals surface area contributed by atoms with Gasteiger partial charge in [0.2, 0.25) is 10.0 Å². The molecule has 0 saturated carbocycles. The van der Waals surface area contributed by atoms with Gasteiger partial charge in [-0.25, -0.2) is 18.4 Å². The Labute approximate surface area is 144 Å². The molecule has 0 aromatic heterocycles. The van der Waals surface area contributed by atoms with E-state index in [-0.39, 0.29) is 17.0 Å². The molecule has 2 N–H and O–H groups in total. The first kappa shape index (κ1) is 18.7. The number of piperidine rings is 1. The van der Waals surface area contributed by atoms with Crippen LogP contribution in [0.2, 0.25) is 0 Å². The van der Waals surface area contributed by atoms with Crippen molar-refractivity contribution in [3.63, 3.8) is 0 Å². The average Bonchev–Trinajstić information content (AvgIpc) is 2.44. The predicted molar refractivity (Wildman–Crippen MR) is 91.9 cm³/mol. The summed E-state index contributed by atoms with van der Waals surface area (Å²) in [6, 6.07) is 6.28. The molecule has 0 bridgehead atoms. The smallest absolute Gasteiger partial charge is 0.410 e. The van der Waals surface area contributed by atoms with Crippen molar-refractivity contribution in [1.29, 1.82) is 0 Å². The van der Waals surface area contributed by atoms with E-state index in [0.717, 1.165) is 18.4 Å². The highest BCUT2D eigenvalue weighted by Gasteiger charge is 2.33. The van der Waals surface area contributed by atoms with E-state index in [4.69, 9.17) is 9.88 Å². The number of hydrogen-bond acceptors (Lipinski definition) is 4. The monoisotopic (exact) mass is 354 g/mol. The van der Waals surface area contributed by atoms with E-state index < -0.39 is 15.6 Å². The number of amides is 1. The number of benzene rings is 1. The molecule has 1 aromatic rings. The van der Waals surface area contributed by atoms with Crippen molar-refractivity contribution in [2.24, 2.45) is 11.1 Å². The minimum absolute atomic E-state index is 0.0687. The van der Waals surface area contributed by atoms with E-state index in [1.807, 2.05) is 20.8 Å². The van der Waals surface area contributed by atoms with Gasteiger partial charge in [-0.1, -0.05) is 19.1 Å². The number of hydrogen-bond donors (Lipinski definition) is 1. The molecule has 0 aliphatic carbocycles. The van der Waals surface area contributed by atoms with Crippen molar-refractivity contribution in [2.75, 3.05) is 6.54 Å². The summed E-state index contributed by atoms with van der Waals surface area (Å²) >= 11 is 0. The minimum atomic E-state index is -3.72. The van der Waals surface area contributed by atoms with Crippen LogP contribution in [0.4, 0.5) is 4.79 Å². The number of carbonyl (C=O) groups is 1. The summed E-state index contributed by atoms with van der Waals surface area (Å²) in [4.78, 5) is 14.4. The van der Waals surface area contributed by atoms with Gasteiger partial charge in [0.25, 0.3) is 0 Å². The molecule has 134 valence electrons. The molecule has 1 aliphatic heterocycles. The van der Waals surface area contributed by atoms with E-state index in [1.165, 1.54) is 12.1 Å². The van der Waals surface area contributed by atoms with E-state index in [0.29, 0.717) is 12.5 Å². The van der Waals surface area contributed by atoms with Crippen LogP contribution in [-0.4, -0.2) is 31.6 Å². The Morgan fingerprint density at radius 3 is 2.29 bits per heavy atom. The lowest BCUT2D eigenvalue weighted by molar-refractivity contribution is 0.00363. The zero-order valence-electron chi connectivity index (χ0n) is 14.7. The van der Waals surface area contributed by atoms with Crippen LogP contribution in [0.3, 0.4) is 0 Å². The van der Waals surface area contributed by atoms with Gasteiger partial charge in [0.05, 0.1) is 10.9 Å². The van der Waals surface area contributed by atoms with Gasteiger partial charge in [0.1, 0.15) is 5.60 Å². The molecular weight excluding hydrogens is 328 g/mol. The summed E-state index contributed by atoms with van der Waals surface area (Å²) < 4.78 is 28.3. The Hall–Kier alpha value is -1.60. The molecular formula is C17H26N2O4S. The van der Waals surface area contributed by atoms with E-state index in [2.05, 4.69) is 6.92 Å². The van der Waals surface area contributed by atoms with E-state index in [1.54, 1.807) is 17.0 Å². The second-order valence-electron chi connectivity index (χ2n) is 7.45. The first-order chi connectivity index (χ1) is 11.0. The highest BCUT2D eigenvalue weighted by molar-refractivity contribution is 7.89. The molecule has 0 radical (unpaired) electrons. The first-order valence-corrected chi connectivity index (χ1v) is 9.64. The Balaban J connectivity index is 2.26. The molecule has 1 heterocycles. The maximum absolute atomic E-state index is 12.6. The number of rotatable bonds is 2. The highest BCUT2D eigenvalue weighted by atomic mass is 32.2. The molecule has 7 heteroatoms. The first-order valence-electron chi connectivity index (χ1n) is 8.10. The largest absolute Gasteiger partial charge is 0.444 e. The summed E-state index contributed by atoms with van der Waals surface area (Å²) in [5, 5.41) is 5.14. The van der Waals surface area contributed by atoms with Crippen LogP contribution in [0, 0.1) is 5.92 Å². The fourth-order valence-corrected chi connectivity index (χ4v) is 3.42.